The molecule has 3 rings (SSSR count). The normalized spacial score (nSPS) is 14.9. The van der Waals surface area contributed by atoms with Crippen LogP contribution in [0.4, 0.5) is 0 Å². The predicted molar refractivity (Wildman–Crippen MR) is 54.5 cm³/mol. The van der Waals surface area contributed by atoms with Crippen molar-refractivity contribution in [2.24, 2.45) is 0 Å². The van der Waals surface area contributed by atoms with E-state index in [1.165, 1.54) is 5.39 Å². The molecule has 1 aliphatic rings. The Labute approximate surface area is 82.0 Å². The highest BCUT2D eigenvalue weighted by Crippen LogP contribution is 2.32. The van der Waals surface area contributed by atoms with Gasteiger partial charge >= 0.3 is 0 Å². The van der Waals surface area contributed by atoms with Crippen molar-refractivity contribution in [2.45, 2.75) is 26.3 Å². The molecular weight excluding hydrogens is 176 g/mol. The van der Waals surface area contributed by atoms with Crippen LogP contribution in [-0.2, 0) is 13.0 Å². The van der Waals surface area contributed by atoms with Crippen LogP contribution < -0.4 is 0 Å². The third kappa shape index (κ3) is 0.842. The van der Waals surface area contributed by atoms with Crippen LogP contribution in [0.5, 0.6) is 5.75 Å². The van der Waals surface area contributed by atoms with E-state index < -0.39 is 0 Å². The third-order valence-electron chi connectivity index (χ3n) is 2.97. The molecule has 0 spiro atoms. The molecule has 3 nitrogen and oxygen atoms in total. The highest BCUT2D eigenvalue weighted by atomic mass is 16.3. The summed E-state index contributed by atoms with van der Waals surface area (Å²) in [6.07, 6.45) is 2.04. The molecule has 0 atom stereocenters. The van der Waals surface area contributed by atoms with E-state index in [2.05, 4.69) is 5.10 Å². The van der Waals surface area contributed by atoms with Crippen molar-refractivity contribution in [3.8, 4) is 5.75 Å². The van der Waals surface area contributed by atoms with Crippen LogP contribution in [0.2, 0.25) is 0 Å². The fraction of sp³-hybridized carbons (Fsp3) is 0.364. The maximum Gasteiger partial charge on any atom is 0.120 e. The van der Waals surface area contributed by atoms with E-state index in [9.17, 15) is 5.11 Å². The van der Waals surface area contributed by atoms with Gasteiger partial charge in [0, 0.05) is 17.5 Å². The van der Waals surface area contributed by atoms with E-state index >= 15 is 0 Å². The van der Waals surface area contributed by atoms with Gasteiger partial charge in [-0.3, -0.25) is 4.68 Å². The highest BCUT2D eigenvalue weighted by molar-refractivity contribution is 5.87. The number of aryl methyl sites for hydroxylation is 3. The molecule has 2 heterocycles. The Balaban J connectivity index is 2.51. The number of hydrogen-bond donors (Lipinski definition) is 1. The average Bonchev–Trinajstić information content (AvgIpc) is 2.50. The van der Waals surface area contributed by atoms with Crippen LogP contribution in [0.1, 0.15) is 17.7 Å². The van der Waals surface area contributed by atoms with E-state index in [0.717, 1.165) is 36.2 Å². The summed E-state index contributed by atoms with van der Waals surface area (Å²) in [5, 5.41) is 15.4. The van der Waals surface area contributed by atoms with Crippen molar-refractivity contribution in [3.05, 3.63) is 23.4 Å². The Bertz CT molecular complexity index is 513. The summed E-state index contributed by atoms with van der Waals surface area (Å²) in [6, 6.07) is 3.74. The van der Waals surface area contributed by atoms with Gasteiger partial charge in [0.25, 0.3) is 0 Å². The molecular formula is C11H12N2O. The second-order valence-electron chi connectivity index (χ2n) is 3.87. The van der Waals surface area contributed by atoms with Gasteiger partial charge in [-0.05, 0) is 31.9 Å². The maximum absolute atomic E-state index is 9.74. The second-order valence-corrected chi connectivity index (χ2v) is 3.87. The first-order valence-electron chi connectivity index (χ1n) is 4.95. The smallest absolute Gasteiger partial charge is 0.120 e. The molecule has 0 saturated carbocycles. The Hall–Kier alpha value is -1.51. The van der Waals surface area contributed by atoms with Crippen molar-refractivity contribution >= 4 is 10.9 Å². The first-order chi connectivity index (χ1) is 6.77. The predicted octanol–water partition coefficient (Wildman–Crippen LogP) is 2.00. The van der Waals surface area contributed by atoms with Gasteiger partial charge in [-0.1, -0.05) is 0 Å². The summed E-state index contributed by atoms with van der Waals surface area (Å²) in [5.41, 5.74) is 3.26. The van der Waals surface area contributed by atoms with Gasteiger partial charge in [-0.25, -0.2) is 0 Å². The fourth-order valence-corrected chi connectivity index (χ4v) is 2.31. The Morgan fingerprint density at radius 3 is 3.14 bits per heavy atom. The minimum atomic E-state index is 0.415. The van der Waals surface area contributed by atoms with Crippen LogP contribution in [0.3, 0.4) is 0 Å². The van der Waals surface area contributed by atoms with Crippen molar-refractivity contribution in [2.75, 3.05) is 0 Å². The van der Waals surface area contributed by atoms with Crippen molar-refractivity contribution in [3.63, 3.8) is 0 Å². The number of hydrogen-bond acceptors (Lipinski definition) is 2. The molecule has 0 unspecified atom stereocenters. The maximum atomic E-state index is 9.74. The molecule has 0 amide bonds. The quantitative estimate of drug-likeness (QED) is 0.686. The zero-order valence-corrected chi connectivity index (χ0v) is 8.12. The molecule has 0 bridgehead atoms. The molecule has 0 saturated heterocycles. The molecule has 1 aliphatic heterocycles. The number of aromatic hydroxyl groups is 1. The fourth-order valence-electron chi connectivity index (χ4n) is 2.31. The molecule has 1 aromatic carbocycles. The number of phenols is 1. The minimum absolute atomic E-state index is 0.415. The zero-order chi connectivity index (χ0) is 9.71. The summed E-state index contributed by atoms with van der Waals surface area (Å²) in [6.45, 7) is 2.99. The largest absolute Gasteiger partial charge is 0.508 e. The van der Waals surface area contributed by atoms with Crippen molar-refractivity contribution < 1.29 is 5.11 Å². The van der Waals surface area contributed by atoms with Crippen LogP contribution in [0, 0.1) is 6.92 Å². The van der Waals surface area contributed by atoms with E-state index in [0.29, 0.717) is 5.75 Å². The van der Waals surface area contributed by atoms with Gasteiger partial charge in [-0.2, -0.15) is 5.10 Å². The van der Waals surface area contributed by atoms with E-state index in [-0.39, 0.29) is 0 Å². The molecule has 0 aliphatic carbocycles. The second kappa shape index (κ2) is 2.50. The Morgan fingerprint density at radius 1 is 1.43 bits per heavy atom. The molecule has 2 aromatic rings. The first-order valence-corrected chi connectivity index (χ1v) is 4.95. The number of benzene rings is 1. The molecule has 0 radical (unpaired) electrons. The number of aromatic nitrogens is 2. The van der Waals surface area contributed by atoms with Crippen molar-refractivity contribution in [1.29, 1.82) is 0 Å². The SMILES string of the molecule is Cc1nn2c3c(c(O)ccc13)CCC2. The van der Waals surface area contributed by atoms with Gasteiger partial charge in [0.2, 0.25) is 0 Å². The Kier molecular flexibility index (Phi) is 1.40. The lowest BCUT2D eigenvalue weighted by Crippen LogP contribution is -2.08. The lowest BCUT2D eigenvalue weighted by Gasteiger charge is -2.14. The highest BCUT2D eigenvalue weighted by Gasteiger charge is 2.18. The molecule has 3 heteroatoms. The number of phenolic OH excluding ortho intramolecular Hbond substituents is 1. The van der Waals surface area contributed by atoms with Crippen LogP contribution in [0.15, 0.2) is 12.1 Å². The molecule has 0 fully saturated rings. The average molecular weight is 188 g/mol. The van der Waals surface area contributed by atoms with E-state index in [4.69, 9.17) is 0 Å². The van der Waals surface area contributed by atoms with Gasteiger partial charge in [0.15, 0.2) is 0 Å². The molecule has 1 N–H and O–H groups in total. The summed E-state index contributed by atoms with van der Waals surface area (Å²) >= 11 is 0. The van der Waals surface area contributed by atoms with Gasteiger partial charge in [0.1, 0.15) is 5.75 Å². The molecule has 1 aromatic heterocycles. The van der Waals surface area contributed by atoms with Gasteiger partial charge < -0.3 is 5.11 Å². The van der Waals surface area contributed by atoms with Crippen LogP contribution in [0.25, 0.3) is 10.9 Å². The summed E-state index contributed by atoms with van der Waals surface area (Å²) in [4.78, 5) is 0. The van der Waals surface area contributed by atoms with E-state index in [1.54, 1.807) is 6.07 Å². The van der Waals surface area contributed by atoms with Crippen molar-refractivity contribution in [1.82, 2.24) is 9.78 Å². The molecule has 14 heavy (non-hydrogen) atoms. The summed E-state index contributed by atoms with van der Waals surface area (Å²) in [5.74, 6) is 0.415. The standard InChI is InChI=1S/C11H12N2O/c1-7-8-4-5-10(14)9-3-2-6-13(12-7)11(8)9/h4-5,14H,2-3,6H2,1H3. The van der Waals surface area contributed by atoms with Crippen LogP contribution in [-0.4, -0.2) is 14.9 Å². The lowest BCUT2D eigenvalue weighted by molar-refractivity contribution is 0.461. The van der Waals surface area contributed by atoms with Crippen LogP contribution >= 0.6 is 0 Å². The summed E-state index contributed by atoms with van der Waals surface area (Å²) < 4.78 is 2.02. The Morgan fingerprint density at radius 2 is 2.29 bits per heavy atom. The third-order valence-corrected chi connectivity index (χ3v) is 2.97. The zero-order valence-electron chi connectivity index (χ0n) is 8.12. The van der Waals surface area contributed by atoms with E-state index in [1.807, 2.05) is 17.7 Å². The van der Waals surface area contributed by atoms with Gasteiger partial charge in [0.05, 0.1) is 11.2 Å². The van der Waals surface area contributed by atoms with Gasteiger partial charge in [-0.15, -0.1) is 0 Å². The lowest BCUT2D eigenvalue weighted by atomic mass is 10.0. The monoisotopic (exact) mass is 188 g/mol. The summed E-state index contributed by atoms with van der Waals surface area (Å²) in [7, 11) is 0. The first kappa shape index (κ1) is 7.85. The minimum Gasteiger partial charge on any atom is -0.508 e. The number of nitrogens with zero attached hydrogens (tertiary/aromatic N) is 2. The molecule has 72 valence electrons. The number of rotatable bonds is 0. The topological polar surface area (TPSA) is 38.0 Å².